The van der Waals surface area contributed by atoms with Gasteiger partial charge in [-0.05, 0) is 53.9 Å². The molecule has 94 valence electrons. The van der Waals surface area contributed by atoms with Gasteiger partial charge in [-0.1, -0.05) is 19.1 Å². The van der Waals surface area contributed by atoms with E-state index in [1.165, 1.54) is 31.5 Å². The molecule has 0 saturated carbocycles. The number of benzene rings is 1. The summed E-state index contributed by atoms with van der Waals surface area (Å²) in [5.74, 6) is 0. The summed E-state index contributed by atoms with van der Waals surface area (Å²) in [5.41, 5.74) is 1.19. The van der Waals surface area contributed by atoms with Gasteiger partial charge in [0.15, 0.2) is 0 Å². The van der Waals surface area contributed by atoms with Crippen LogP contribution in [0.3, 0.4) is 0 Å². The van der Waals surface area contributed by atoms with Crippen LogP contribution in [0.5, 0.6) is 0 Å². The first-order valence-corrected chi connectivity index (χ1v) is 7.33. The van der Waals surface area contributed by atoms with E-state index in [1.807, 2.05) is 6.07 Å². The van der Waals surface area contributed by atoms with Crippen LogP contribution in [0, 0.1) is 0 Å². The molecule has 1 atom stereocenters. The van der Waals surface area contributed by atoms with Gasteiger partial charge < -0.3 is 5.32 Å². The smallest absolute Gasteiger partial charge is 0.0485 e. The number of nitrogens with zero attached hydrogens (tertiary/aromatic N) is 1. The molecule has 2 rings (SSSR count). The number of hydrogen-bond donors (Lipinski definition) is 1. The highest BCUT2D eigenvalue weighted by Crippen LogP contribution is 2.22. The highest BCUT2D eigenvalue weighted by Gasteiger charge is 2.21. The first-order chi connectivity index (χ1) is 8.31. The van der Waals surface area contributed by atoms with Crippen LogP contribution in [0.25, 0.3) is 0 Å². The highest BCUT2D eigenvalue weighted by molar-refractivity contribution is 9.10. The van der Waals surface area contributed by atoms with Crippen LogP contribution in [0.4, 0.5) is 5.69 Å². The fraction of sp³-hybridized carbons (Fsp3) is 0.571. The number of likely N-dealkylation sites (tertiary alicyclic amines) is 1. The van der Waals surface area contributed by atoms with Crippen molar-refractivity contribution < 1.29 is 0 Å². The topological polar surface area (TPSA) is 15.3 Å². The van der Waals surface area contributed by atoms with Gasteiger partial charge in [0, 0.05) is 29.3 Å². The van der Waals surface area contributed by atoms with E-state index in [-0.39, 0.29) is 0 Å². The van der Waals surface area contributed by atoms with Gasteiger partial charge >= 0.3 is 0 Å². The molecule has 0 bridgehead atoms. The van der Waals surface area contributed by atoms with Crippen molar-refractivity contribution in [2.24, 2.45) is 0 Å². The Labute approximate surface area is 113 Å². The summed E-state index contributed by atoms with van der Waals surface area (Å²) in [7, 11) is 0. The normalized spacial score (nSPS) is 20.7. The zero-order valence-electron chi connectivity index (χ0n) is 10.5. The third-order valence-corrected chi connectivity index (χ3v) is 4.25. The Balaban J connectivity index is 1.78. The number of anilines is 1. The minimum Gasteiger partial charge on any atom is -0.383 e. The molecule has 1 aliphatic rings. The Hall–Kier alpha value is -0.540. The predicted octanol–water partition coefficient (Wildman–Crippen LogP) is 3.74. The first-order valence-electron chi connectivity index (χ1n) is 6.53. The fourth-order valence-electron chi connectivity index (χ4n) is 2.59. The summed E-state index contributed by atoms with van der Waals surface area (Å²) in [6, 6.07) is 9.12. The third-order valence-electron chi connectivity index (χ3n) is 3.56. The van der Waals surface area contributed by atoms with Crippen LogP contribution < -0.4 is 5.32 Å². The van der Waals surface area contributed by atoms with E-state index in [1.54, 1.807) is 0 Å². The SMILES string of the molecule is CCC1CCCN1CCNc1ccccc1Br. The van der Waals surface area contributed by atoms with Crippen molar-refractivity contribution >= 4 is 21.6 Å². The summed E-state index contributed by atoms with van der Waals surface area (Å²) in [5, 5.41) is 3.50. The molecule has 1 aliphatic heterocycles. The van der Waals surface area contributed by atoms with E-state index in [9.17, 15) is 0 Å². The molecule has 0 amide bonds. The maximum atomic E-state index is 3.56. The van der Waals surface area contributed by atoms with Crippen LogP contribution in [-0.2, 0) is 0 Å². The summed E-state index contributed by atoms with van der Waals surface area (Å²) in [6.45, 7) is 5.75. The van der Waals surface area contributed by atoms with Crippen molar-refractivity contribution in [3.63, 3.8) is 0 Å². The summed E-state index contributed by atoms with van der Waals surface area (Å²) >= 11 is 3.56. The van der Waals surface area contributed by atoms with Gasteiger partial charge in [-0.25, -0.2) is 0 Å². The van der Waals surface area contributed by atoms with E-state index >= 15 is 0 Å². The second-order valence-electron chi connectivity index (χ2n) is 4.65. The van der Waals surface area contributed by atoms with Gasteiger partial charge in [0.1, 0.15) is 0 Å². The molecule has 0 aliphatic carbocycles. The maximum Gasteiger partial charge on any atom is 0.0485 e. The minimum atomic E-state index is 0.816. The molecule has 2 nitrogen and oxygen atoms in total. The molecule has 1 aromatic rings. The molecule has 0 spiro atoms. The Morgan fingerprint density at radius 2 is 2.24 bits per heavy atom. The molecule has 1 fully saturated rings. The van der Waals surface area contributed by atoms with Crippen molar-refractivity contribution in [2.75, 3.05) is 25.0 Å². The van der Waals surface area contributed by atoms with Crippen LogP contribution in [0.15, 0.2) is 28.7 Å². The van der Waals surface area contributed by atoms with Gasteiger partial charge in [-0.2, -0.15) is 0 Å². The molecular formula is C14H21BrN2. The number of halogens is 1. The lowest BCUT2D eigenvalue weighted by Crippen LogP contribution is -2.33. The molecule has 1 N–H and O–H groups in total. The maximum absolute atomic E-state index is 3.56. The molecular weight excluding hydrogens is 276 g/mol. The van der Waals surface area contributed by atoms with E-state index in [4.69, 9.17) is 0 Å². The monoisotopic (exact) mass is 296 g/mol. The predicted molar refractivity (Wildman–Crippen MR) is 77.5 cm³/mol. The van der Waals surface area contributed by atoms with Crippen molar-refractivity contribution in [1.82, 2.24) is 4.90 Å². The second kappa shape index (κ2) is 6.41. The number of rotatable bonds is 5. The molecule has 0 radical (unpaired) electrons. The molecule has 17 heavy (non-hydrogen) atoms. The average Bonchev–Trinajstić information content (AvgIpc) is 2.79. The third kappa shape index (κ3) is 3.46. The molecule has 1 unspecified atom stereocenters. The van der Waals surface area contributed by atoms with Crippen molar-refractivity contribution in [3.05, 3.63) is 28.7 Å². The van der Waals surface area contributed by atoms with Crippen LogP contribution in [0.1, 0.15) is 26.2 Å². The molecule has 3 heteroatoms. The van der Waals surface area contributed by atoms with Gasteiger partial charge in [-0.15, -0.1) is 0 Å². The zero-order chi connectivity index (χ0) is 12.1. The zero-order valence-corrected chi connectivity index (χ0v) is 12.0. The van der Waals surface area contributed by atoms with Crippen molar-refractivity contribution in [2.45, 2.75) is 32.2 Å². The van der Waals surface area contributed by atoms with Crippen molar-refractivity contribution in [3.8, 4) is 0 Å². The Morgan fingerprint density at radius 1 is 1.41 bits per heavy atom. The molecule has 1 heterocycles. The van der Waals surface area contributed by atoms with Gasteiger partial charge in [-0.3, -0.25) is 4.90 Å². The Bertz CT molecular complexity index is 354. The lowest BCUT2D eigenvalue weighted by atomic mass is 10.2. The van der Waals surface area contributed by atoms with Gasteiger partial charge in [0.2, 0.25) is 0 Å². The highest BCUT2D eigenvalue weighted by atomic mass is 79.9. The second-order valence-corrected chi connectivity index (χ2v) is 5.50. The minimum absolute atomic E-state index is 0.816. The largest absolute Gasteiger partial charge is 0.383 e. The summed E-state index contributed by atoms with van der Waals surface area (Å²) < 4.78 is 1.15. The average molecular weight is 297 g/mol. The van der Waals surface area contributed by atoms with E-state index in [0.29, 0.717) is 0 Å². The number of nitrogens with one attached hydrogen (secondary N) is 1. The fourth-order valence-corrected chi connectivity index (χ4v) is 3.02. The number of para-hydroxylation sites is 1. The standard InChI is InChI=1S/C14H21BrN2/c1-2-12-6-5-10-17(12)11-9-16-14-8-4-3-7-13(14)15/h3-4,7-8,12,16H,2,5-6,9-11H2,1H3. The lowest BCUT2D eigenvalue weighted by Gasteiger charge is -2.23. The Kier molecular flexibility index (Phi) is 4.86. The Morgan fingerprint density at radius 3 is 3.00 bits per heavy atom. The molecule has 0 aromatic heterocycles. The van der Waals surface area contributed by atoms with Crippen LogP contribution in [0.2, 0.25) is 0 Å². The van der Waals surface area contributed by atoms with Crippen LogP contribution >= 0.6 is 15.9 Å². The van der Waals surface area contributed by atoms with Gasteiger partial charge in [0.25, 0.3) is 0 Å². The molecule has 1 aromatic carbocycles. The lowest BCUT2D eigenvalue weighted by molar-refractivity contribution is 0.258. The van der Waals surface area contributed by atoms with Crippen molar-refractivity contribution in [1.29, 1.82) is 0 Å². The summed E-state index contributed by atoms with van der Waals surface area (Å²) in [6.07, 6.45) is 4.04. The molecule has 1 saturated heterocycles. The number of hydrogen-bond acceptors (Lipinski definition) is 2. The van der Waals surface area contributed by atoms with Crippen LogP contribution in [-0.4, -0.2) is 30.6 Å². The van der Waals surface area contributed by atoms with E-state index in [2.05, 4.69) is 51.3 Å². The van der Waals surface area contributed by atoms with E-state index in [0.717, 1.165) is 23.6 Å². The first kappa shape index (κ1) is 12.9. The summed E-state index contributed by atoms with van der Waals surface area (Å²) in [4.78, 5) is 2.61. The van der Waals surface area contributed by atoms with Gasteiger partial charge in [0.05, 0.1) is 0 Å². The van der Waals surface area contributed by atoms with E-state index < -0.39 is 0 Å². The quantitative estimate of drug-likeness (QED) is 0.890.